The number of nitrogens with zero attached hydrogens (tertiary/aromatic N) is 2. The molecule has 5 nitrogen and oxygen atoms in total. The van der Waals surface area contributed by atoms with Crippen molar-refractivity contribution in [1.82, 2.24) is 9.97 Å². The van der Waals surface area contributed by atoms with Crippen molar-refractivity contribution in [2.24, 2.45) is 11.3 Å². The Hall–Kier alpha value is -1.36. The second kappa shape index (κ2) is 3.66. The van der Waals surface area contributed by atoms with E-state index in [1.54, 1.807) is 0 Å². The molecule has 0 bridgehead atoms. The van der Waals surface area contributed by atoms with E-state index in [4.69, 9.17) is 5.84 Å². The van der Waals surface area contributed by atoms with Gasteiger partial charge in [0, 0.05) is 18.3 Å². The Kier molecular flexibility index (Phi) is 2.48. The van der Waals surface area contributed by atoms with Crippen molar-refractivity contribution in [2.75, 3.05) is 17.3 Å². The minimum absolute atomic E-state index is 0.457. The maximum Gasteiger partial charge on any atom is 0.239 e. The maximum absolute atomic E-state index is 5.28. The van der Waals surface area contributed by atoms with Crippen LogP contribution in [-0.4, -0.2) is 16.5 Å². The standard InChI is InChI=1S/C10H17N5/c1-7-5-8(14-9(13-7)15-11)12-6-10(2)3-4-10/h5H,3-4,6,11H2,1-2H3,(H2,12,13,14,15). The molecule has 1 heterocycles. The third-order valence-corrected chi connectivity index (χ3v) is 2.78. The van der Waals surface area contributed by atoms with Crippen molar-refractivity contribution in [3.8, 4) is 0 Å². The lowest BCUT2D eigenvalue weighted by atomic mass is 10.1. The van der Waals surface area contributed by atoms with E-state index < -0.39 is 0 Å². The first-order chi connectivity index (χ1) is 7.11. The fraction of sp³-hybridized carbons (Fsp3) is 0.600. The second-order valence-electron chi connectivity index (χ2n) is 4.53. The fourth-order valence-corrected chi connectivity index (χ4v) is 1.42. The molecule has 0 radical (unpaired) electrons. The SMILES string of the molecule is Cc1cc(NCC2(C)CC2)nc(NN)n1. The molecule has 1 aliphatic rings. The van der Waals surface area contributed by atoms with Gasteiger partial charge in [0.25, 0.3) is 0 Å². The predicted molar refractivity (Wildman–Crippen MR) is 60.4 cm³/mol. The second-order valence-corrected chi connectivity index (χ2v) is 4.53. The Morgan fingerprint density at radius 1 is 1.47 bits per heavy atom. The van der Waals surface area contributed by atoms with Gasteiger partial charge in [0.2, 0.25) is 5.95 Å². The number of rotatable bonds is 4. The third-order valence-electron chi connectivity index (χ3n) is 2.78. The van der Waals surface area contributed by atoms with Crippen LogP contribution in [0.5, 0.6) is 0 Å². The third kappa shape index (κ3) is 2.56. The summed E-state index contributed by atoms with van der Waals surface area (Å²) in [5.41, 5.74) is 3.83. The molecule has 82 valence electrons. The highest BCUT2D eigenvalue weighted by molar-refractivity contribution is 5.41. The van der Waals surface area contributed by atoms with Gasteiger partial charge in [-0.3, -0.25) is 5.43 Å². The number of nitrogens with one attached hydrogen (secondary N) is 2. The minimum Gasteiger partial charge on any atom is -0.369 e. The zero-order chi connectivity index (χ0) is 10.9. The van der Waals surface area contributed by atoms with Gasteiger partial charge in [-0.25, -0.2) is 10.8 Å². The largest absolute Gasteiger partial charge is 0.369 e. The topological polar surface area (TPSA) is 75.9 Å². The van der Waals surface area contributed by atoms with E-state index in [-0.39, 0.29) is 0 Å². The molecule has 2 rings (SSSR count). The predicted octanol–water partition coefficient (Wildman–Crippen LogP) is 1.28. The Bertz CT molecular complexity index is 359. The van der Waals surface area contributed by atoms with E-state index in [0.717, 1.165) is 18.1 Å². The van der Waals surface area contributed by atoms with Gasteiger partial charge in [-0.1, -0.05) is 6.92 Å². The van der Waals surface area contributed by atoms with Crippen LogP contribution >= 0.6 is 0 Å². The summed E-state index contributed by atoms with van der Waals surface area (Å²) in [6, 6.07) is 1.92. The average Bonchev–Trinajstić information content (AvgIpc) is 2.94. The van der Waals surface area contributed by atoms with Gasteiger partial charge in [0.05, 0.1) is 0 Å². The van der Waals surface area contributed by atoms with E-state index >= 15 is 0 Å². The van der Waals surface area contributed by atoms with Crippen LogP contribution in [0.25, 0.3) is 0 Å². The Morgan fingerprint density at radius 2 is 2.20 bits per heavy atom. The number of aryl methyl sites for hydroxylation is 1. The monoisotopic (exact) mass is 207 g/mol. The molecular weight excluding hydrogens is 190 g/mol. The first kappa shape index (κ1) is 10.2. The summed E-state index contributed by atoms with van der Waals surface area (Å²) in [7, 11) is 0. The molecule has 0 aliphatic heterocycles. The molecule has 0 atom stereocenters. The minimum atomic E-state index is 0.457. The summed E-state index contributed by atoms with van der Waals surface area (Å²) in [4.78, 5) is 8.35. The highest BCUT2D eigenvalue weighted by atomic mass is 15.3. The van der Waals surface area contributed by atoms with Crippen molar-refractivity contribution < 1.29 is 0 Å². The first-order valence-corrected chi connectivity index (χ1v) is 5.17. The highest BCUT2D eigenvalue weighted by Gasteiger charge is 2.36. The van der Waals surface area contributed by atoms with E-state index in [9.17, 15) is 0 Å². The summed E-state index contributed by atoms with van der Waals surface area (Å²) in [6.45, 7) is 5.16. The molecule has 0 unspecified atom stereocenters. The number of hydrogen-bond acceptors (Lipinski definition) is 5. The fourth-order valence-electron chi connectivity index (χ4n) is 1.42. The summed E-state index contributed by atoms with van der Waals surface area (Å²) in [6.07, 6.45) is 2.60. The van der Waals surface area contributed by atoms with Gasteiger partial charge in [-0.05, 0) is 25.2 Å². The molecule has 15 heavy (non-hydrogen) atoms. The van der Waals surface area contributed by atoms with Gasteiger partial charge in [-0.15, -0.1) is 0 Å². The van der Waals surface area contributed by atoms with Crippen LogP contribution in [0.2, 0.25) is 0 Å². The Balaban J connectivity index is 2.03. The van der Waals surface area contributed by atoms with Crippen LogP contribution in [0.3, 0.4) is 0 Å². The van der Waals surface area contributed by atoms with Gasteiger partial charge in [0.15, 0.2) is 0 Å². The van der Waals surface area contributed by atoms with Crippen molar-refractivity contribution >= 4 is 11.8 Å². The van der Waals surface area contributed by atoms with E-state index in [1.165, 1.54) is 12.8 Å². The van der Waals surface area contributed by atoms with Crippen LogP contribution in [0, 0.1) is 12.3 Å². The first-order valence-electron chi connectivity index (χ1n) is 5.17. The Morgan fingerprint density at radius 3 is 2.80 bits per heavy atom. The van der Waals surface area contributed by atoms with Crippen molar-refractivity contribution in [3.05, 3.63) is 11.8 Å². The molecule has 0 saturated heterocycles. The Labute approximate surface area is 89.5 Å². The van der Waals surface area contributed by atoms with Crippen molar-refractivity contribution in [2.45, 2.75) is 26.7 Å². The number of nitrogens with two attached hydrogens (primary N) is 1. The average molecular weight is 207 g/mol. The normalized spacial score (nSPS) is 17.3. The van der Waals surface area contributed by atoms with Crippen LogP contribution in [0.4, 0.5) is 11.8 Å². The maximum atomic E-state index is 5.28. The molecule has 1 aliphatic carbocycles. The van der Waals surface area contributed by atoms with E-state index in [2.05, 4.69) is 27.6 Å². The number of hydrazine groups is 1. The number of hydrogen-bond donors (Lipinski definition) is 3. The van der Waals surface area contributed by atoms with Gasteiger partial charge in [-0.2, -0.15) is 4.98 Å². The van der Waals surface area contributed by atoms with Crippen molar-refractivity contribution in [1.29, 1.82) is 0 Å². The number of nitrogen functional groups attached to an aromatic ring is 1. The summed E-state index contributed by atoms with van der Waals surface area (Å²) >= 11 is 0. The van der Waals surface area contributed by atoms with E-state index in [0.29, 0.717) is 11.4 Å². The molecule has 1 aromatic heterocycles. The van der Waals surface area contributed by atoms with Crippen molar-refractivity contribution in [3.63, 3.8) is 0 Å². The molecule has 5 heteroatoms. The summed E-state index contributed by atoms with van der Waals surface area (Å²) < 4.78 is 0. The molecule has 0 aromatic carbocycles. The highest BCUT2D eigenvalue weighted by Crippen LogP contribution is 2.44. The van der Waals surface area contributed by atoms with Gasteiger partial charge in [0.1, 0.15) is 5.82 Å². The molecular formula is C10H17N5. The number of anilines is 2. The molecule has 0 amide bonds. The molecule has 0 spiro atoms. The molecule has 1 aromatic rings. The molecule has 4 N–H and O–H groups in total. The van der Waals surface area contributed by atoms with Crippen LogP contribution in [0.1, 0.15) is 25.5 Å². The summed E-state index contributed by atoms with van der Waals surface area (Å²) in [5, 5.41) is 3.32. The van der Waals surface area contributed by atoms with E-state index in [1.807, 2.05) is 13.0 Å². The van der Waals surface area contributed by atoms with Crippen LogP contribution in [0.15, 0.2) is 6.07 Å². The van der Waals surface area contributed by atoms with Crippen LogP contribution in [-0.2, 0) is 0 Å². The van der Waals surface area contributed by atoms with Crippen LogP contribution < -0.4 is 16.6 Å². The summed E-state index contributed by atoms with van der Waals surface area (Å²) in [5.74, 6) is 6.57. The van der Waals surface area contributed by atoms with Gasteiger partial charge < -0.3 is 5.32 Å². The zero-order valence-corrected chi connectivity index (χ0v) is 9.17. The zero-order valence-electron chi connectivity index (χ0n) is 9.17. The lowest BCUT2D eigenvalue weighted by Gasteiger charge is -2.11. The number of aromatic nitrogens is 2. The van der Waals surface area contributed by atoms with Gasteiger partial charge >= 0.3 is 0 Å². The lowest BCUT2D eigenvalue weighted by molar-refractivity contribution is 0.609. The smallest absolute Gasteiger partial charge is 0.239 e. The quantitative estimate of drug-likeness (QED) is 0.512. The lowest BCUT2D eigenvalue weighted by Crippen LogP contribution is -2.15. The molecule has 1 saturated carbocycles. The molecule has 1 fully saturated rings.